The number of ether oxygens (including phenoxy) is 2. The highest BCUT2D eigenvalue weighted by Gasteiger charge is 2.44. The summed E-state index contributed by atoms with van der Waals surface area (Å²) in [6, 6.07) is 15.9. The number of hydrogen-bond donors (Lipinski definition) is 3. The summed E-state index contributed by atoms with van der Waals surface area (Å²) in [6.45, 7) is 5.75. The number of hydrogen-bond acceptors (Lipinski definition) is 10. The minimum atomic E-state index is -0.780. The van der Waals surface area contributed by atoms with Gasteiger partial charge in [-0.25, -0.2) is 0 Å². The second kappa shape index (κ2) is 17.0. The Hall–Kier alpha value is -4.59. The summed E-state index contributed by atoms with van der Waals surface area (Å²) in [7, 11) is 0. The van der Waals surface area contributed by atoms with Crippen LogP contribution in [0.5, 0.6) is 0 Å². The molecule has 2 aromatic rings. The van der Waals surface area contributed by atoms with Crippen LogP contribution < -0.4 is 16.8 Å². The van der Waals surface area contributed by atoms with Crippen molar-refractivity contribution in [2.75, 3.05) is 52.7 Å². The third-order valence-electron chi connectivity index (χ3n) is 8.94. The summed E-state index contributed by atoms with van der Waals surface area (Å²) in [5.74, 6) is -2.22. The molecule has 1 fully saturated rings. The van der Waals surface area contributed by atoms with E-state index in [0.29, 0.717) is 44.6 Å². The van der Waals surface area contributed by atoms with E-state index < -0.39 is 22.2 Å². The van der Waals surface area contributed by atoms with Crippen molar-refractivity contribution in [2.45, 2.75) is 44.4 Å². The first kappa shape index (κ1) is 36.2. The van der Waals surface area contributed by atoms with Crippen molar-refractivity contribution < 1.29 is 28.8 Å². The topological polar surface area (TPSA) is 183 Å². The lowest BCUT2D eigenvalue weighted by Gasteiger charge is -2.41. The second-order valence-corrected chi connectivity index (χ2v) is 12.0. The highest BCUT2D eigenvalue weighted by Crippen LogP contribution is 2.37. The van der Waals surface area contributed by atoms with Gasteiger partial charge in [0.1, 0.15) is 12.4 Å². The number of esters is 1. The normalized spacial score (nSPS) is 18.1. The molecule has 0 saturated carbocycles. The fourth-order valence-corrected chi connectivity index (χ4v) is 6.23. The van der Waals surface area contributed by atoms with Crippen molar-refractivity contribution in [2.24, 2.45) is 17.4 Å². The molecule has 13 nitrogen and oxygen atoms in total. The second-order valence-electron chi connectivity index (χ2n) is 12.0. The molecular weight excluding hydrogens is 616 g/mol. The van der Waals surface area contributed by atoms with Gasteiger partial charge in [-0.05, 0) is 56.5 Å². The third-order valence-corrected chi connectivity index (χ3v) is 8.94. The molecule has 0 spiro atoms. The molecule has 2 atom stereocenters. The van der Waals surface area contributed by atoms with Crippen LogP contribution in [0.25, 0.3) is 0 Å². The third kappa shape index (κ3) is 8.85. The van der Waals surface area contributed by atoms with Gasteiger partial charge in [0.15, 0.2) is 0 Å². The number of nitro groups is 1. The van der Waals surface area contributed by atoms with Crippen molar-refractivity contribution in [3.05, 3.63) is 99.4 Å². The van der Waals surface area contributed by atoms with Crippen molar-refractivity contribution in [1.29, 1.82) is 0 Å². The number of carbonyl (C=O) groups excluding carboxylic acids is 3. The van der Waals surface area contributed by atoms with E-state index in [-0.39, 0.29) is 56.5 Å². The number of nitrogens with one attached hydrogen (secondary N) is 1. The standard InChI is InChI=1S/C35H46N6O7/c1-3-29-20-26(25-10-12-30(13-11-25)41(45)46)21-31(38-29)33(43)40(24-47-19-16-36)23-27(32(37)42)22-39-17-14-35(15-18-39,34(44)48-4-2)28-8-6-5-7-9-28/h5-13,20-21,26-27,38H,3-4,14-19,22-24,36H2,1-2H3,(H2,37,42). The molecule has 0 aromatic heterocycles. The molecule has 0 bridgehead atoms. The number of allylic oxidation sites excluding steroid dienone is 3. The molecule has 5 N–H and O–H groups in total. The van der Waals surface area contributed by atoms with E-state index in [4.69, 9.17) is 20.9 Å². The largest absolute Gasteiger partial charge is 0.465 e. The van der Waals surface area contributed by atoms with Crippen LogP contribution in [0.3, 0.4) is 0 Å². The number of carbonyl (C=O) groups is 3. The number of nitrogens with two attached hydrogens (primary N) is 2. The molecule has 13 heteroatoms. The molecule has 48 heavy (non-hydrogen) atoms. The quantitative estimate of drug-likeness (QED) is 0.0794. The van der Waals surface area contributed by atoms with E-state index in [0.717, 1.165) is 16.8 Å². The van der Waals surface area contributed by atoms with Gasteiger partial charge in [0.05, 0.1) is 29.5 Å². The SMILES string of the molecule is CCOC(=O)C1(c2ccccc2)CCN(CC(CN(COCCN)C(=O)C2=CC(c3ccc([N+](=O)[O-])cc3)C=C(CC)N2)C(N)=O)CC1. The maximum Gasteiger partial charge on any atom is 0.316 e. The lowest BCUT2D eigenvalue weighted by molar-refractivity contribution is -0.384. The van der Waals surface area contributed by atoms with E-state index in [1.165, 1.54) is 17.0 Å². The van der Waals surface area contributed by atoms with Gasteiger partial charge in [-0.2, -0.15) is 0 Å². The van der Waals surface area contributed by atoms with E-state index in [1.54, 1.807) is 25.1 Å². The summed E-state index contributed by atoms with van der Waals surface area (Å²) in [5.41, 5.74) is 13.6. The van der Waals surface area contributed by atoms with E-state index in [9.17, 15) is 24.5 Å². The van der Waals surface area contributed by atoms with E-state index in [1.807, 2.05) is 43.3 Å². The van der Waals surface area contributed by atoms with Crippen LogP contribution in [-0.2, 0) is 29.3 Å². The molecule has 2 heterocycles. The highest BCUT2D eigenvalue weighted by atomic mass is 16.6. The van der Waals surface area contributed by atoms with Crippen molar-refractivity contribution in [3.63, 3.8) is 0 Å². The molecule has 0 radical (unpaired) electrons. The van der Waals surface area contributed by atoms with Gasteiger partial charge >= 0.3 is 5.97 Å². The minimum absolute atomic E-state index is 0.00331. The average Bonchev–Trinajstić information content (AvgIpc) is 3.11. The number of piperidine rings is 1. The molecule has 258 valence electrons. The Balaban J connectivity index is 1.51. The molecule has 2 aliphatic rings. The lowest BCUT2D eigenvalue weighted by Crippen LogP contribution is -2.52. The maximum absolute atomic E-state index is 14.1. The Morgan fingerprint density at radius 2 is 1.77 bits per heavy atom. The van der Waals surface area contributed by atoms with E-state index in [2.05, 4.69) is 10.2 Å². The average molecular weight is 663 g/mol. The molecule has 1 saturated heterocycles. The van der Waals surface area contributed by atoms with Gasteiger partial charge in [-0.1, -0.05) is 55.5 Å². The first-order chi connectivity index (χ1) is 23.1. The summed E-state index contributed by atoms with van der Waals surface area (Å²) < 4.78 is 11.2. The highest BCUT2D eigenvalue weighted by molar-refractivity contribution is 5.94. The van der Waals surface area contributed by atoms with Crippen LogP contribution >= 0.6 is 0 Å². The molecule has 2 aromatic carbocycles. The van der Waals surface area contributed by atoms with E-state index >= 15 is 0 Å². The number of likely N-dealkylation sites (tertiary alicyclic amines) is 1. The Labute approximate surface area is 281 Å². The number of non-ortho nitro benzene ring substituents is 1. The molecular formula is C35H46N6O7. The summed E-state index contributed by atoms with van der Waals surface area (Å²) in [6.07, 6.45) is 5.38. The molecule has 2 aliphatic heterocycles. The lowest BCUT2D eigenvalue weighted by atomic mass is 9.72. The maximum atomic E-state index is 14.1. The van der Waals surface area contributed by atoms with Crippen LogP contribution in [0, 0.1) is 16.0 Å². The van der Waals surface area contributed by atoms with Gasteiger partial charge in [0, 0.05) is 43.4 Å². The van der Waals surface area contributed by atoms with Crippen molar-refractivity contribution in [1.82, 2.24) is 15.1 Å². The zero-order chi connectivity index (χ0) is 34.7. The first-order valence-corrected chi connectivity index (χ1v) is 16.4. The molecule has 2 amide bonds. The zero-order valence-corrected chi connectivity index (χ0v) is 27.6. The zero-order valence-electron chi connectivity index (χ0n) is 27.6. The Bertz CT molecular complexity index is 1490. The fourth-order valence-electron chi connectivity index (χ4n) is 6.23. The number of rotatable bonds is 16. The smallest absolute Gasteiger partial charge is 0.316 e. The minimum Gasteiger partial charge on any atom is -0.465 e. The Morgan fingerprint density at radius 1 is 1.08 bits per heavy atom. The number of dihydropyridines is 1. The Kier molecular flexibility index (Phi) is 12.8. The van der Waals surface area contributed by atoms with Crippen molar-refractivity contribution in [3.8, 4) is 0 Å². The van der Waals surface area contributed by atoms with Gasteiger partial charge in [0.2, 0.25) is 5.91 Å². The number of nitrogens with zero attached hydrogens (tertiary/aromatic N) is 3. The molecule has 2 unspecified atom stereocenters. The van der Waals surface area contributed by atoms with Crippen LogP contribution in [0.15, 0.2) is 78.1 Å². The van der Waals surface area contributed by atoms with Gasteiger partial charge in [-0.3, -0.25) is 24.5 Å². The summed E-state index contributed by atoms with van der Waals surface area (Å²) >= 11 is 0. The number of nitro benzene ring substituents is 1. The van der Waals surface area contributed by atoms with Gasteiger partial charge in [-0.15, -0.1) is 0 Å². The van der Waals surface area contributed by atoms with Crippen LogP contribution in [0.2, 0.25) is 0 Å². The number of amides is 2. The number of benzene rings is 2. The number of primary amides is 1. The van der Waals surface area contributed by atoms with Crippen LogP contribution in [0.1, 0.15) is 50.2 Å². The summed E-state index contributed by atoms with van der Waals surface area (Å²) in [4.78, 5) is 54.4. The summed E-state index contributed by atoms with van der Waals surface area (Å²) in [5, 5.41) is 14.4. The predicted octanol–water partition coefficient (Wildman–Crippen LogP) is 2.92. The van der Waals surface area contributed by atoms with Crippen LogP contribution in [0.4, 0.5) is 5.69 Å². The van der Waals surface area contributed by atoms with Crippen LogP contribution in [-0.4, -0.2) is 85.2 Å². The molecule has 0 aliphatic carbocycles. The predicted molar refractivity (Wildman–Crippen MR) is 180 cm³/mol. The van der Waals surface area contributed by atoms with Gasteiger partial charge < -0.3 is 36.1 Å². The Morgan fingerprint density at radius 3 is 2.35 bits per heavy atom. The fraction of sp³-hybridized carbons (Fsp3) is 0.457. The monoisotopic (exact) mass is 662 g/mol. The first-order valence-electron chi connectivity index (χ1n) is 16.4. The van der Waals surface area contributed by atoms with Crippen molar-refractivity contribution >= 4 is 23.5 Å². The van der Waals surface area contributed by atoms with Gasteiger partial charge in [0.25, 0.3) is 11.6 Å². The molecule has 4 rings (SSSR count).